The van der Waals surface area contributed by atoms with E-state index in [-0.39, 0.29) is 0 Å². The Morgan fingerprint density at radius 3 is 2.92 bits per heavy atom. The summed E-state index contributed by atoms with van der Waals surface area (Å²) >= 11 is 0. The number of aromatic nitrogens is 2. The Morgan fingerprint density at radius 1 is 1.67 bits per heavy atom. The van der Waals surface area contributed by atoms with Crippen LogP contribution in [0.4, 0.5) is 0 Å². The Labute approximate surface area is 72.9 Å². The molecular weight excluding hydrogens is 150 g/mol. The zero-order chi connectivity index (χ0) is 8.97. The second-order valence-corrected chi connectivity index (χ2v) is 3.06. The average Bonchev–Trinajstić information content (AvgIpc) is 2.48. The molecule has 66 valence electrons. The molecule has 1 aromatic heterocycles. The van der Waals surface area contributed by atoms with Crippen molar-refractivity contribution in [3.8, 4) is 0 Å². The van der Waals surface area contributed by atoms with Gasteiger partial charge >= 0.3 is 0 Å². The molecule has 1 aromatic rings. The van der Waals surface area contributed by atoms with Crippen molar-refractivity contribution in [1.82, 2.24) is 9.78 Å². The predicted molar refractivity (Wildman–Crippen MR) is 49.5 cm³/mol. The van der Waals surface area contributed by atoms with Crippen LogP contribution >= 0.6 is 0 Å². The summed E-state index contributed by atoms with van der Waals surface area (Å²) < 4.78 is 1.88. The maximum absolute atomic E-state index is 5.45. The summed E-state index contributed by atoms with van der Waals surface area (Å²) in [6, 6.07) is 0. The number of nitrogens with two attached hydrogens (primary N) is 1. The van der Waals surface area contributed by atoms with E-state index in [1.54, 1.807) is 6.20 Å². The van der Waals surface area contributed by atoms with E-state index in [2.05, 4.69) is 25.0 Å². The molecule has 2 N–H and O–H groups in total. The predicted octanol–water partition coefficient (Wildman–Crippen LogP) is 1.31. The van der Waals surface area contributed by atoms with Crippen LogP contribution in [0.2, 0.25) is 0 Å². The van der Waals surface area contributed by atoms with Crippen molar-refractivity contribution in [2.45, 2.75) is 26.9 Å². The third-order valence-electron chi connectivity index (χ3n) is 1.61. The number of hydrogen-bond donors (Lipinski definition) is 1. The van der Waals surface area contributed by atoms with Gasteiger partial charge in [-0.3, -0.25) is 4.68 Å². The lowest BCUT2D eigenvalue weighted by Gasteiger charge is -1.94. The summed E-state index contributed by atoms with van der Waals surface area (Å²) in [7, 11) is 0. The largest absolute Gasteiger partial charge is 0.326 e. The van der Waals surface area contributed by atoms with E-state index < -0.39 is 0 Å². The number of rotatable bonds is 3. The highest BCUT2D eigenvalue weighted by molar-refractivity contribution is 5.03. The van der Waals surface area contributed by atoms with Crippen molar-refractivity contribution in [3.05, 3.63) is 29.6 Å². The van der Waals surface area contributed by atoms with E-state index in [0.29, 0.717) is 6.54 Å². The zero-order valence-electron chi connectivity index (χ0n) is 7.62. The minimum absolute atomic E-state index is 0.564. The van der Waals surface area contributed by atoms with Gasteiger partial charge in [0, 0.05) is 18.3 Å². The van der Waals surface area contributed by atoms with E-state index in [1.165, 1.54) is 5.57 Å². The first kappa shape index (κ1) is 9.00. The number of hydrogen-bond acceptors (Lipinski definition) is 2. The molecule has 0 aliphatic heterocycles. The summed E-state index contributed by atoms with van der Waals surface area (Å²) in [4.78, 5) is 0. The quantitative estimate of drug-likeness (QED) is 0.686. The van der Waals surface area contributed by atoms with E-state index in [0.717, 1.165) is 12.1 Å². The highest BCUT2D eigenvalue weighted by Gasteiger charge is 1.93. The van der Waals surface area contributed by atoms with Crippen LogP contribution in [0.1, 0.15) is 19.4 Å². The molecule has 0 atom stereocenters. The second-order valence-electron chi connectivity index (χ2n) is 3.06. The van der Waals surface area contributed by atoms with Crippen LogP contribution in [-0.4, -0.2) is 9.78 Å². The molecule has 0 amide bonds. The molecule has 0 unspecified atom stereocenters. The lowest BCUT2D eigenvalue weighted by Crippen LogP contribution is -1.96. The van der Waals surface area contributed by atoms with Crippen LogP contribution in [0, 0.1) is 0 Å². The standard InChI is InChI=1S/C9H15N3/c1-8(2)3-4-12-7-9(5-10)6-11-12/h3,6-7H,4-5,10H2,1-2H3. The fourth-order valence-electron chi connectivity index (χ4n) is 0.888. The van der Waals surface area contributed by atoms with Crippen LogP contribution in [0.5, 0.6) is 0 Å². The average molecular weight is 165 g/mol. The molecule has 0 bridgehead atoms. The molecule has 0 saturated carbocycles. The van der Waals surface area contributed by atoms with Crippen molar-refractivity contribution in [3.63, 3.8) is 0 Å². The SMILES string of the molecule is CC(C)=CCn1cc(CN)cn1. The van der Waals surface area contributed by atoms with E-state index in [4.69, 9.17) is 5.73 Å². The lowest BCUT2D eigenvalue weighted by atomic mass is 10.3. The van der Waals surface area contributed by atoms with Crippen LogP contribution < -0.4 is 5.73 Å². The van der Waals surface area contributed by atoms with E-state index in [1.807, 2.05) is 10.9 Å². The molecule has 3 heteroatoms. The molecule has 0 aliphatic carbocycles. The molecule has 3 nitrogen and oxygen atoms in total. The first-order valence-corrected chi connectivity index (χ1v) is 4.07. The normalized spacial score (nSPS) is 9.92. The summed E-state index contributed by atoms with van der Waals surface area (Å²) in [5.74, 6) is 0. The fourth-order valence-corrected chi connectivity index (χ4v) is 0.888. The molecule has 12 heavy (non-hydrogen) atoms. The third-order valence-corrected chi connectivity index (χ3v) is 1.61. The van der Waals surface area contributed by atoms with Crippen molar-refractivity contribution in [1.29, 1.82) is 0 Å². The molecule has 0 radical (unpaired) electrons. The highest BCUT2D eigenvalue weighted by atomic mass is 15.3. The number of nitrogens with zero attached hydrogens (tertiary/aromatic N) is 2. The molecule has 0 fully saturated rings. The van der Waals surface area contributed by atoms with Gasteiger partial charge in [0.2, 0.25) is 0 Å². The maximum atomic E-state index is 5.45. The van der Waals surface area contributed by atoms with Gasteiger partial charge in [0.1, 0.15) is 0 Å². The van der Waals surface area contributed by atoms with Crippen molar-refractivity contribution >= 4 is 0 Å². The topological polar surface area (TPSA) is 43.8 Å². The van der Waals surface area contributed by atoms with Gasteiger partial charge in [0.05, 0.1) is 12.7 Å². The summed E-state index contributed by atoms with van der Waals surface area (Å²) in [6.07, 6.45) is 5.91. The molecule has 0 spiro atoms. The summed E-state index contributed by atoms with van der Waals surface area (Å²) in [5, 5.41) is 4.15. The van der Waals surface area contributed by atoms with Crippen LogP contribution in [-0.2, 0) is 13.1 Å². The van der Waals surface area contributed by atoms with E-state index >= 15 is 0 Å². The van der Waals surface area contributed by atoms with E-state index in [9.17, 15) is 0 Å². The Bertz CT molecular complexity index is 269. The van der Waals surface area contributed by atoms with Gasteiger partial charge in [-0.25, -0.2) is 0 Å². The first-order valence-electron chi connectivity index (χ1n) is 4.07. The second kappa shape index (κ2) is 4.07. The highest BCUT2D eigenvalue weighted by Crippen LogP contribution is 1.97. The Balaban J connectivity index is 2.58. The Hall–Kier alpha value is -1.09. The fraction of sp³-hybridized carbons (Fsp3) is 0.444. The first-order chi connectivity index (χ1) is 5.72. The smallest absolute Gasteiger partial charge is 0.0592 e. The van der Waals surface area contributed by atoms with Gasteiger partial charge in [0.25, 0.3) is 0 Å². The number of allylic oxidation sites excluding steroid dienone is 2. The Morgan fingerprint density at radius 2 is 2.42 bits per heavy atom. The van der Waals surface area contributed by atoms with Crippen LogP contribution in [0.3, 0.4) is 0 Å². The van der Waals surface area contributed by atoms with Crippen molar-refractivity contribution < 1.29 is 0 Å². The molecule has 0 saturated heterocycles. The minimum atomic E-state index is 0.564. The lowest BCUT2D eigenvalue weighted by molar-refractivity contribution is 0.698. The monoisotopic (exact) mass is 165 g/mol. The Kier molecular flexibility index (Phi) is 3.05. The maximum Gasteiger partial charge on any atom is 0.0592 e. The summed E-state index contributed by atoms with van der Waals surface area (Å²) in [5.41, 5.74) is 7.84. The van der Waals surface area contributed by atoms with Gasteiger partial charge in [-0.05, 0) is 13.8 Å². The van der Waals surface area contributed by atoms with Gasteiger partial charge in [-0.15, -0.1) is 0 Å². The zero-order valence-corrected chi connectivity index (χ0v) is 7.62. The molecule has 0 aromatic carbocycles. The minimum Gasteiger partial charge on any atom is -0.326 e. The third kappa shape index (κ3) is 2.51. The van der Waals surface area contributed by atoms with Crippen molar-refractivity contribution in [2.75, 3.05) is 0 Å². The van der Waals surface area contributed by atoms with Crippen LogP contribution in [0.15, 0.2) is 24.0 Å². The van der Waals surface area contributed by atoms with Gasteiger partial charge in [-0.2, -0.15) is 5.10 Å². The van der Waals surface area contributed by atoms with Gasteiger partial charge in [0.15, 0.2) is 0 Å². The molecule has 0 aliphatic rings. The molecular formula is C9H15N3. The molecule has 1 rings (SSSR count). The van der Waals surface area contributed by atoms with Crippen LogP contribution in [0.25, 0.3) is 0 Å². The van der Waals surface area contributed by atoms with Gasteiger partial charge < -0.3 is 5.73 Å². The summed E-state index contributed by atoms with van der Waals surface area (Å²) in [6.45, 7) is 5.55. The van der Waals surface area contributed by atoms with Crippen molar-refractivity contribution in [2.24, 2.45) is 5.73 Å². The van der Waals surface area contributed by atoms with Gasteiger partial charge in [-0.1, -0.05) is 11.6 Å². The molecule has 1 heterocycles.